The van der Waals surface area contributed by atoms with Crippen LogP contribution in [0.15, 0.2) is 46.0 Å². The second kappa shape index (κ2) is 9.13. The van der Waals surface area contributed by atoms with Gasteiger partial charge in [-0.1, -0.05) is 46.7 Å². The number of nitrogens with one attached hydrogen (secondary N) is 2. The molecular formula is C22H24N4O3S. The maximum absolute atomic E-state index is 12.4. The number of carbonyl (C=O) groups is 2. The molecule has 0 saturated carbocycles. The van der Waals surface area contributed by atoms with E-state index in [1.165, 1.54) is 0 Å². The van der Waals surface area contributed by atoms with Gasteiger partial charge in [0.15, 0.2) is 0 Å². The Morgan fingerprint density at radius 2 is 1.67 bits per heavy atom. The number of rotatable bonds is 5. The van der Waals surface area contributed by atoms with Gasteiger partial charge in [-0.2, -0.15) is 0 Å². The third-order valence-electron chi connectivity index (χ3n) is 4.39. The average molecular weight is 425 g/mol. The molecule has 1 heterocycles. The normalized spacial score (nSPS) is 11.8. The number of hydrogen-bond donors (Lipinski definition) is 2. The highest BCUT2D eigenvalue weighted by Crippen LogP contribution is 2.27. The Morgan fingerprint density at radius 1 is 0.967 bits per heavy atom. The van der Waals surface area contributed by atoms with Gasteiger partial charge in [0.05, 0.1) is 5.25 Å². The van der Waals surface area contributed by atoms with Crippen molar-refractivity contribution in [1.82, 2.24) is 15.5 Å². The summed E-state index contributed by atoms with van der Waals surface area (Å²) < 4.78 is 5.69. The number of aryl methyl sites for hydroxylation is 4. The highest BCUT2D eigenvalue weighted by molar-refractivity contribution is 8.00. The standard InChI is InChI=1S/C22H24N4O3S/c1-12-6-7-18(15(4)9-12)23-21(28)24-19(27)16(5)30-22-26-25-20(29-22)17-10-13(2)8-14(3)11-17/h6-11,16H,1-5H3,(H2,23,24,27,28). The van der Waals surface area contributed by atoms with E-state index in [0.29, 0.717) is 11.6 Å². The van der Waals surface area contributed by atoms with E-state index in [1.807, 2.05) is 52.0 Å². The predicted octanol–water partition coefficient (Wildman–Crippen LogP) is 4.80. The van der Waals surface area contributed by atoms with Gasteiger partial charge in [-0.25, -0.2) is 4.79 Å². The molecule has 0 bridgehead atoms. The molecule has 3 rings (SSSR count). The van der Waals surface area contributed by atoms with E-state index >= 15 is 0 Å². The van der Waals surface area contributed by atoms with Crippen molar-refractivity contribution in [3.63, 3.8) is 0 Å². The van der Waals surface area contributed by atoms with E-state index in [0.717, 1.165) is 39.6 Å². The Hall–Kier alpha value is -3.13. The molecule has 0 spiro atoms. The zero-order valence-corrected chi connectivity index (χ0v) is 18.4. The van der Waals surface area contributed by atoms with Crippen molar-refractivity contribution in [3.05, 3.63) is 58.7 Å². The molecule has 3 amide bonds. The Kier molecular flexibility index (Phi) is 6.56. The van der Waals surface area contributed by atoms with Gasteiger partial charge in [-0.3, -0.25) is 10.1 Å². The molecule has 30 heavy (non-hydrogen) atoms. The van der Waals surface area contributed by atoms with Gasteiger partial charge in [0.1, 0.15) is 0 Å². The molecule has 3 aromatic rings. The maximum Gasteiger partial charge on any atom is 0.325 e. The van der Waals surface area contributed by atoms with Crippen LogP contribution in [0, 0.1) is 27.7 Å². The monoisotopic (exact) mass is 424 g/mol. The lowest BCUT2D eigenvalue weighted by atomic mass is 10.1. The van der Waals surface area contributed by atoms with Crippen LogP contribution in [0.2, 0.25) is 0 Å². The van der Waals surface area contributed by atoms with Crippen LogP contribution in [-0.4, -0.2) is 27.4 Å². The Morgan fingerprint density at radius 3 is 2.33 bits per heavy atom. The first-order valence-corrected chi connectivity index (χ1v) is 10.4. The summed E-state index contributed by atoms with van der Waals surface area (Å²) in [4.78, 5) is 24.5. The van der Waals surface area contributed by atoms with Gasteiger partial charge in [-0.05, 0) is 58.4 Å². The first-order chi connectivity index (χ1) is 14.2. The Balaban J connectivity index is 1.59. The molecule has 0 aliphatic rings. The smallest absolute Gasteiger partial charge is 0.325 e. The summed E-state index contributed by atoms with van der Waals surface area (Å²) in [5.74, 6) is -0.0575. The van der Waals surface area contributed by atoms with Gasteiger partial charge in [0.2, 0.25) is 11.8 Å². The van der Waals surface area contributed by atoms with E-state index < -0.39 is 17.2 Å². The molecule has 0 aliphatic carbocycles. The number of aromatic nitrogens is 2. The van der Waals surface area contributed by atoms with Crippen molar-refractivity contribution < 1.29 is 14.0 Å². The van der Waals surface area contributed by atoms with Crippen molar-refractivity contribution >= 4 is 29.4 Å². The summed E-state index contributed by atoms with van der Waals surface area (Å²) >= 11 is 1.10. The summed E-state index contributed by atoms with van der Waals surface area (Å²) in [7, 11) is 0. The van der Waals surface area contributed by atoms with Crippen LogP contribution < -0.4 is 10.6 Å². The molecule has 0 aliphatic heterocycles. The van der Waals surface area contributed by atoms with Gasteiger partial charge < -0.3 is 9.73 Å². The Bertz CT molecular complexity index is 1070. The number of amides is 3. The molecule has 1 unspecified atom stereocenters. The van der Waals surface area contributed by atoms with Gasteiger partial charge in [0.25, 0.3) is 5.22 Å². The minimum atomic E-state index is -0.595. The largest absolute Gasteiger partial charge is 0.411 e. The second-order valence-electron chi connectivity index (χ2n) is 7.27. The number of carbonyl (C=O) groups excluding carboxylic acids is 2. The quantitative estimate of drug-likeness (QED) is 0.571. The number of nitrogens with zero attached hydrogens (tertiary/aromatic N) is 2. The second-order valence-corrected chi connectivity index (χ2v) is 8.56. The highest BCUT2D eigenvalue weighted by atomic mass is 32.2. The topological polar surface area (TPSA) is 97.1 Å². The molecule has 7 nitrogen and oxygen atoms in total. The fourth-order valence-electron chi connectivity index (χ4n) is 3.00. The summed E-state index contributed by atoms with van der Waals surface area (Å²) in [6.07, 6.45) is 0. The minimum Gasteiger partial charge on any atom is -0.411 e. The SMILES string of the molecule is Cc1cc(C)cc(-c2nnc(SC(C)C(=O)NC(=O)Nc3ccc(C)cc3C)o2)c1. The lowest BCUT2D eigenvalue weighted by molar-refractivity contribution is -0.119. The zero-order chi connectivity index (χ0) is 21.8. The molecule has 0 radical (unpaired) electrons. The minimum absolute atomic E-state index is 0.265. The summed E-state index contributed by atoms with van der Waals surface area (Å²) in [5.41, 5.74) is 5.70. The number of hydrogen-bond acceptors (Lipinski definition) is 6. The summed E-state index contributed by atoms with van der Waals surface area (Å²) in [5, 5.41) is 12.8. The fraction of sp³-hybridized carbons (Fsp3) is 0.273. The van der Waals surface area contributed by atoms with Crippen LogP contribution in [0.3, 0.4) is 0 Å². The third-order valence-corrected chi connectivity index (χ3v) is 5.32. The van der Waals surface area contributed by atoms with Crippen molar-refractivity contribution in [1.29, 1.82) is 0 Å². The number of urea groups is 1. The number of imide groups is 1. The summed E-state index contributed by atoms with van der Waals surface area (Å²) in [6.45, 7) is 9.54. The van der Waals surface area contributed by atoms with Gasteiger partial charge in [0, 0.05) is 11.3 Å². The van der Waals surface area contributed by atoms with Crippen molar-refractivity contribution in [2.45, 2.75) is 45.1 Å². The molecule has 2 aromatic carbocycles. The molecule has 0 saturated heterocycles. The van der Waals surface area contributed by atoms with Crippen LogP contribution in [0.5, 0.6) is 0 Å². The molecule has 8 heteroatoms. The van der Waals surface area contributed by atoms with Crippen molar-refractivity contribution in [2.24, 2.45) is 0 Å². The fourth-order valence-corrected chi connectivity index (χ4v) is 3.68. The third kappa shape index (κ3) is 5.48. The molecule has 1 aromatic heterocycles. The highest BCUT2D eigenvalue weighted by Gasteiger charge is 2.21. The molecule has 1 atom stereocenters. The van der Waals surface area contributed by atoms with Gasteiger partial charge in [-0.15, -0.1) is 10.2 Å². The molecule has 156 valence electrons. The van der Waals surface area contributed by atoms with E-state index in [2.05, 4.69) is 26.9 Å². The molecule has 0 fully saturated rings. The van der Waals surface area contributed by atoms with E-state index in [1.54, 1.807) is 13.0 Å². The van der Waals surface area contributed by atoms with E-state index in [9.17, 15) is 9.59 Å². The Labute approximate surface area is 179 Å². The number of anilines is 1. The molecule has 2 N–H and O–H groups in total. The lowest BCUT2D eigenvalue weighted by Crippen LogP contribution is -2.39. The first kappa shape index (κ1) is 21.6. The molecular weight excluding hydrogens is 400 g/mol. The van der Waals surface area contributed by atoms with Crippen LogP contribution in [0.1, 0.15) is 29.2 Å². The number of thioether (sulfide) groups is 1. The predicted molar refractivity (Wildman–Crippen MR) is 118 cm³/mol. The number of benzene rings is 2. The van der Waals surface area contributed by atoms with Gasteiger partial charge >= 0.3 is 6.03 Å². The van der Waals surface area contributed by atoms with Crippen molar-refractivity contribution in [2.75, 3.05) is 5.32 Å². The average Bonchev–Trinajstić information content (AvgIpc) is 3.11. The maximum atomic E-state index is 12.4. The lowest BCUT2D eigenvalue weighted by Gasteiger charge is -2.12. The zero-order valence-electron chi connectivity index (χ0n) is 17.6. The van der Waals surface area contributed by atoms with Crippen LogP contribution in [0.4, 0.5) is 10.5 Å². The van der Waals surface area contributed by atoms with E-state index in [4.69, 9.17) is 4.42 Å². The summed E-state index contributed by atoms with van der Waals surface area (Å²) in [6, 6.07) is 11.1. The van der Waals surface area contributed by atoms with E-state index in [-0.39, 0.29) is 5.22 Å². The first-order valence-electron chi connectivity index (χ1n) is 9.49. The van der Waals surface area contributed by atoms with Crippen LogP contribution in [0.25, 0.3) is 11.5 Å². The van der Waals surface area contributed by atoms with Crippen LogP contribution in [-0.2, 0) is 4.79 Å². The van der Waals surface area contributed by atoms with Crippen LogP contribution >= 0.6 is 11.8 Å². The van der Waals surface area contributed by atoms with Crippen molar-refractivity contribution in [3.8, 4) is 11.5 Å².